The molecule has 34 heavy (non-hydrogen) atoms. The third-order valence-electron chi connectivity index (χ3n) is 7.26. The Labute approximate surface area is 196 Å². The molecule has 8 heteroatoms. The van der Waals surface area contributed by atoms with E-state index < -0.39 is 11.6 Å². The lowest BCUT2D eigenvalue weighted by atomic mass is 9.99. The third-order valence-corrected chi connectivity index (χ3v) is 7.26. The first kappa shape index (κ1) is 21.2. The maximum absolute atomic E-state index is 14.5. The summed E-state index contributed by atoms with van der Waals surface area (Å²) in [5.74, 6) is 0.531. The molecular formula is C26H24F2N4O2. The second-order valence-electron chi connectivity index (χ2n) is 9.46. The molecule has 1 aromatic carbocycles. The highest BCUT2D eigenvalue weighted by molar-refractivity contribution is 5.65. The maximum atomic E-state index is 14.5. The Morgan fingerprint density at radius 1 is 1.06 bits per heavy atom. The predicted octanol–water partition coefficient (Wildman–Crippen LogP) is 5.48. The molecule has 6 rings (SSSR count). The van der Waals surface area contributed by atoms with Crippen LogP contribution in [0.5, 0.6) is 0 Å². The van der Waals surface area contributed by atoms with E-state index in [2.05, 4.69) is 21.1 Å². The molecule has 2 saturated heterocycles. The van der Waals surface area contributed by atoms with Gasteiger partial charge < -0.3 is 14.2 Å². The second-order valence-corrected chi connectivity index (χ2v) is 9.46. The van der Waals surface area contributed by atoms with E-state index in [0.29, 0.717) is 29.0 Å². The number of aromatic nitrogens is 2. The fourth-order valence-corrected chi connectivity index (χ4v) is 5.49. The van der Waals surface area contributed by atoms with Crippen LogP contribution in [-0.2, 0) is 11.3 Å². The molecule has 0 radical (unpaired) electrons. The van der Waals surface area contributed by atoms with Gasteiger partial charge in [0.15, 0.2) is 0 Å². The molecular weight excluding hydrogens is 438 g/mol. The minimum atomic E-state index is -0.654. The van der Waals surface area contributed by atoms with Gasteiger partial charge in [-0.1, -0.05) is 11.2 Å². The fraction of sp³-hybridized carbons (Fsp3) is 0.423. The molecule has 1 saturated carbocycles. The van der Waals surface area contributed by atoms with Gasteiger partial charge >= 0.3 is 0 Å². The Bertz CT molecular complexity index is 1210. The van der Waals surface area contributed by atoms with Crippen molar-refractivity contribution in [3.63, 3.8) is 0 Å². The summed E-state index contributed by atoms with van der Waals surface area (Å²) in [4.78, 5) is 6.85. The number of hydrogen-bond donors (Lipinski definition) is 0. The summed E-state index contributed by atoms with van der Waals surface area (Å²) in [6, 6.07) is 10.3. The van der Waals surface area contributed by atoms with Gasteiger partial charge in [0.1, 0.15) is 35.0 Å². The summed E-state index contributed by atoms with van der Waals surface area (Å²) in [6.45, 7) is 0.220. The van der Waals surface area contributed by atoms with Crippen LogP contribution < -0.4 is 4.90 Å². The van der Waals surface area contributed by atoms with Crippen LogP contribution in [-0.4, -0.2) is 28.3 Å². The Kier molecular flexibility index (Phi) is 5.30. The van der Waals surface area contributed by atoms with E-state index in [1.807, 2.05) is 6.07 Å². The molecule has 6 nitrogen and oxygen atoms in total. The first-order valence-corrected chi connectivity index (χ1v) is 11.8. The monoisotopic (exact) mass is 462 g/mol. The van der Waals surface area contributed by atoms with Gasteiger partial charge in [-0.2, -0.15) is 5.26 Å². The normalized spacial score (nSPS) is 23.8. The quantitative estimate of drug-likeness (QED) is 0.483. The fourth-order valence-electron chi connectivity index (χ4n) is 5.49. The third kappa shape index (κ3) is 3.74. The van der Waals surface area contributed by atoms with Crippen molar-refractivity contribution < 1.29 is 18.0 Å². The van der Waals surface area contributed by atoms with E-state index in [9.17, 15) is 8.78 Å². The Morgan fingerprint density at radius 2 is 1.79 bits per heavy atom. The van der Waals surface area contributed by atoms with Crippen LogP contribution in [0.25, 0.3) is 11.3 Å². The van der Waals surface area contributed by atoms with Crippen molar-refractivity contribution in [1.82, 2.24) is 10.1 Å². The van der Waals surface area contributed by atoms with Gasteiger partial charge in [-0.25, -0.2) is 13.8 Å². The first-order chi connectivity index (χ1) is 16.6. The predicted molar refractivity (Wildman–Crippen MR) is 120 cm³/mol. The van der Waals surface area contributed by atoms with Crippen LogP contribution in [0, 0.1) is 23.0 Å². The molecule has 0 N–H and O–H groups in total. The largest absolute Gasteiger partial charge is 0.373 e. The van der Waals surface area contributed by atoms with E-state index in [0.717, 1.165) is 44.3 Å². The smallest absolute Gasteiger partial charge is 0.145 e. The zero-order valence-corrected chi connectivity index (χ0v) is 18.6. The zero-order valence-electron chi connectivity index (χ0n) is 18.6. The van der Waals surface area contributed by atoms with Crippen molar-refractivity contribution in [2.75, 3.05) is 4.90 Å². The highest BCUT2D eigenvalue weighted by Crippen LogP contribution is 2.45. The van der Waals surface area contributed by atoms with E-state index in [-0.39, 0.29) is 29.9 Å². The number of pyridine rings is 1. The van der Waals surface area contributed by atoms with Gasteiger partial charge in [0.2, 0.25) is 0 Å². The molecule has 4 heterocycles. The second kappa shape index (κ2) is 8.48. The van der Waals surface area contributed by atoms with Gasteiger partial charge in [0, 0.05) is 29.8 Å². The molecule has 2 bridgehead atoms. The van der Waals surface area contributed by atoms with Crippen molar-refractivity contribution in [3.8, 4) is 17.3 Å². The molecule has 2 aromatic heterocycles. The lowest BCUT2D eigenvalue weighted by Crippen LogP contribution is -2.46. The highest BCUT2D eigenvalue weighted by atomic mass is 19.1. The molecule has 1 unspecified atom stereocenters. The Hall–Kier alpha value is -3.31. The van der Waals surface area contributed by atoms with Gasteiger partial charge in [-0.15, -0.1) is 0 Å². The SMILES string of the molecule is N#Cc1ccc(N2[C@@H]3CC[C@H]2CC(OCc2c(-c4c(F)cccc4F)noc2C2CC2)C3)nc1. The van der Waals surface area contributed by atoms with Gasteiger partial charge in [0.25, 0.3) is 0 Å². The number of nitrogens with zero attached hydrogens (tertiary/aromatic N) is 4. The highest BCUT2D eigenvalue weighted by Gasteiger charge is 2.42. The summed E-state index contributed by atoms with van der Waals surface area (Å²) in [7, 11) is 0. The number of nitriles is 1. The molecule has 0 spiro atoms. The van der Waals surface area contributed by atoms with Crippen LogP contribution in [0.1, 0.15) is 61.3 Å². The molecule has 2 aliphatic heterocycles. The van der Waals surface area contributed by atoms with Gasteiger partial charge in [0.05, 0.1) is 23.8 Å². The average molecular weight is 463 g/mol. The number of benzene rings is 1. The minimum Gasteiger partial charge on any atom is -0.373 e. The molecule has 3 fully saturated rings. The van der Waals surface area contributed by atoms with Crippen LogP contribution in [0.15, 0.2) is 41.1 Å². The average Bonchev–Trinajstić information content (AvgIpc) is 3.55. The minimum absolute atomic E-state index is 0.0346. The molecule has 174 valence electrons. The topological polar surface area (TPSA) is 75.2 Å². The van der Waals surface area contributed by atoms with Crippen molar-refractivity contribution >= 4 is 5.82 Å². The van der Waals surface area contributed by atoms with Gasteiger partial charge in [-0.05, 0) is 62.8 Å². The first-order valence-electron chi connectivity index (χ1n) is 11.8. The molecule has 3 atom stereocenters. The molecule has 1 aliphatic carbocycles. The molecule has 3 aromatic rings. The van der Waals surface area contributed by atoms with Crippen molar-refractivity contribution in [2.24, 2.45) is 0 Å². The molecule has 0 amide bonds. The van der Waals surface area contributed by atoms with Crippen LogP contribution in [0.2, 0.25) is 0 Å². The number of anilines is 1. The number of ether oxygens (including phenoxy) is 1. The summed E-state index contributed by atoms with van der Waals surface area (Å²) >= 11 is 0. The Morgan fingerprint density at radius 3 is 2.41 bits per heavy atom. The number of hydrogen-bond acceptors (Lipinski definition) is 6. The van der Waals surface area contributed by atoms with Crippen molar-refractivity contribution in [1.29, 1.82) is 5.26 Å². The van der Waals surface area contributed by atoms with E-state index >= 15 is 0 Å². The van der Waals surface area contributed by atoms with Crippen LogP contribution >= 0.6 is 0 Å². The van der Waals surface area contributed by atoms with E-state index in [4.69, 9.17) is 14.5 Å². The van der Waals surface area contributed by atoms with Gasteiger partial charge in [-0.3, -0.25) is 0 Å². The van der Waals surface area contributed by atoms with E-state index in [1.54, 1.807) is 12.3 Å². The number of fused-ring (bicyclic) bond motifs is 2. The lowest BCUT2D eigenvalue weighted by molar-refractivity contribution is 0.0146. The number of halogens is 2. The van der Waals surface area contributed by atoms with Crippen molar-refractivity contribution in [3.05, 3.63) is 65.1 Å². The number of piperidine rings is 1. The summed E-state index contributed by atoms with van der Waals surface area (Å²) in [6.07, 6.45) is 7.47. The summed E-state index contributed by atoms with van der Waals surface area (Å²) < 4.78 is 40.9. The summed E-state index contributed by atoms with van der Waals surface area (Å²) in [5, 5.41) is 13.1. The molecule has 3 aliphatic rings. The number of rotatable bonds is 6. The summed E-state index contributed by atoms with van der Waals surface area (Å²) in [5.41, 5.74) is 1.27. The van der Waals surface area contributed by atoms with Crippen molar-refractivity contribution in [2.45, 2.75) is 69.2 Å². The lowest BCUT2D eigenvalue weighted by Gasteiger charge is -2.39. The van der Waals surface area contributed by atoms with E-state index in [1.165, 1.54) is 18.2 Å². The van der Waals surface area contributed by atoms with Crippen LogP contribution in [0.3, 0.4) is 0 Å². The zero-order chi connectivity index (χ0) is 23.2. The van der Waals surface area contributed by atoms with Crippen LogP contribution in [0.4, 0.5) is 14.6 Å². The standard InChI is InChI=1S/C26H24F2N4O2/c27-21-2-1-3-22(28)24(21)25-20(26(34-31-25)16-5-6-16)14-33-19-10-17-7-8-18(11-19)32(17)23-9-4-15(12-29)13-30-23/h1-4,9,13,16-19H,5-8,10-11,14H2/t17-,18+,19?. The maximum Gasteiger partial charge on any atom is 0.145 e. The Balaban J connectivity index is 1.20.